The van der Waals surface area contributed by atoms with Gasteiger partial charge in [0, 0.05) is 19.4 Å². The van der Waals surface area contributed by atoms with Crippen molar-refractivity contribution in [1.29, 1.82) is 0 Å². The highest BCUT2D eigenvalue weighted by Gasteiger charge is 2.40. The van der Waals surface area contributed by atoms with Crippen molar-refractivity contribution in [1.82, 2.24) is 0 Å². The Hall–Kier alpha value is -1.09. The number of methoxy groups -OCH3 is 1. The van der Waals surface area contributed by atoms with Crippen LogP contribution in [-0.4, -0.2) is 44.5 Å². The molecule has 1 heterocycles. The molecule has 0 amide bonds. The van der Waals surface area contributed by atoms with E-state index in [2.05, 4.69) is 18.8 Å². The van der Waals surface area contributed by atoms with Gasteiger partial charge in [0.15, 0.2) is 12.2 Å². The lowest BCUT2D eigenvalue weighted by molar-refractivity contribution is -0.187. The molecule has 0 aromatic heterocycles. The third kappa shape index (κ3) is 6.90. The fraction of sp³-hybridized carbons (Fsp3) is 0.833. The van der Waals surface area contributed by atoms with E-state index in [-0.39, 0.29) is 18.6 Å². The van der Waals surface area contributed by atoms with Crippen molar-refractivity contribution in [3.8, 4) is 11.8 Å². The Morgan fingerprint density at radius 2 is 2.00 bits per heavy atom. The molecule has 5 nitrogen and oxygen atoms in total. The summed E-state index contributed by atoms with van der Waals surface area (Å²) >= 11 is 0. The maximum absolute atomic E-state index is 11.6. The van der Waals surface area contributed by atoms with E-state index in [9.17, 15) is 4.79 Å². The first-order valence-electron chi connectivity index (χ1n) is 8.66. The van der Waals surface area contributed by atoms with Crippen LogP contribution in [0.25, 0.3) is 0 Å². The fourth-order valence-corrected chi connectivity index (χ4v) is 2.75. The van der Waals surface area contributed by atoms with Crippen molar-refractivity contribution in [2.24, 2.45) is 11.7 Å². The van der Waals surface area contributed by atoms with Crippen LogP contribution in [0.1, 0.15) is 52.4 Å². The van der Waals surface area contributed by atoms with Gasteiger partial charge in [0.2, 0.25) is 0 Å². The number of esters is 1. The molecule has 0 radical (unpaired) electrons. The molecule has 132 valence electrons. The van der Waals surface area contributed by atoms with Crippen molar-refractivity contribution < 1.29 is 19.0 Å². The lowest BCUT2D eigenvalue weighted by atomic mass is 9.93. The molecule has 0 saturated carbocycles. The number of carbonyl (C=O) groups is 1. The van der Waals surface area contributed by atoms with Crippen LogP contribution >= 0.6 is 0 Å². The maximum atomic E-state index is 11.6. The van der Waals surface area contributed by atoms with Gasteiger partial charge in [-0.1, -0.05) is 45.5 Å². The van der Waals surface area contributed by atoms with Gasteiger partial charge in [-0.15, -0.1) is 5.92 Å². The van der Waals surface area contributed by atoms with Gasteiger partial charge >= 0.3 is 5.97 Å². The highest BCUT2D eigenvalue weighted by Crippen LogP contribution is 2.25. The zero-order valence-corrected chi connectivity index (χ0v) is 14.7. The summed E-state index contributed by atoms with van der Waals surface area (Å²) in [5, 5.41) is 0. The molecular weight excluding hydrogens is 294 g/mol. The van der Waals surface area contributed by atoms with Crippen molar-refractivity contribution in [2.45, 2.75) is 70.7 Å². The second-order valence-corrected chi connectivity index (χ2v) is 6.08. The van der Waals surface area contributed by atoms with Crippen LogP contribution in [0.4, 0.5) is 0 Å². The predicted molar refractivity (Wildman–Crippen MR) is 89.8 cm³/mol. The molecule has 23 heavy (non-hydrogen) atoms. The molecule has 1 fully saturated rings. The summed E-state index contributed by atoms with van der Waals surface area (Å²) in [7, 11) is 1.62. The summed E-state index contributed by atoms with van der Waals surface area (Å²) < 4.78 is 16.7. The van der Waals surface area contributed by atoms with Gasteiger partial charge < -0.3 is 19.9 Å². The molecule has 1 rings (SSSR count). The Bertz CT molecular complexity index is 402. The maximum Gasteiger partial charge on any atom is 0.320 e. The molecule has 2 N–H and O–H groups in total. The van der Waals surface area contributed by atoms with Gasteiger partial charge in [-0.05, 0) is 6.42 Å². The van der Waals surface area contributed by atoms with E-state index in [1.807, 2.05) is 6.92 Å². The number of ether oxygens (including phenoxy) is 3. The Labute approximate surface area is 140 Å². The molecule has 1 aliphatic heterocycles. The lowest BCUT2D eigenvalue weighted by Gasteiger charge is -2.38. The van der Waals surface area contributed by atoms with Crippen LogP contribution in [0.5, 0.6) is 0 Å². The number of carbonyl (C=O) groups excluding carboxylic acids is 1. The topological polar surface area (TPSA) is 70.8 Å². The number of rotatable bonds is 8. The minimum atomic E-state index is -0.521. The van der Waals surface area contributed by atoms with Crippen LogP contribution in [0.2, 0.25) is 0 Å². The highest BCUT2D eigenvalue weighted by atomic mass is 16.6. The number of hydrogen-bond donors (Lipinski definition) is 1. The van der Waals surface area contributed by atoms with Gasteiger partial charge in [0.25, 0.3) is 0 Å². The zero-order chi connectivity index (χ0) is 17.1. The first-order valence-corrected chi connectivity index (χ1v) is 8.66. The average Bonchev–Trinajstić information content (AvgIpc) is 2.55. The molecule has 0 bridgehead atoms. The summed E-state index contributed by atoms with van der Waals surface area (Å²) in [4.78, 5) is 11.6. The molecular formula is C18H31NO4. The van der Waals surface area contributed by atoms with E-state index in [0.29, 0.717) is 6.61 Å². The van der Waals surface area contributed by atoms with Crippen molar-refractivity contribution in [3.05, 3.63) is 0 Å². The Balaban J connectivity index is 2.57. The molecule has 0 spiro atoms. The summed E-state index contributed by atoms with van der Waals surface area (Å²) in [6, 6.07) is 0. The molecule has 0 aromatic rings. The Morgan fingerprint density at radius 3 is 2.65 bits per heavy atom. The van der Waals surface area contributed by atoms with E-state index < -0.39 is 18.2 Å². The van der Waals surface area contributed by atoms with Crippen LogP contribution < -0.4 is 5.73 Å². The molecule has 0 aliphatic carbocycles. The van der Waals surface area contributed by atoms with Gasteiger partial charge in [0.1, 0.15) is 6.10 Å². The quantitative estimate of drug-likeness (QED) is 0.421. The minimum Gasteiger partial charge on any atom is -0.455 e. The third-order valence-electron chi connectivity index (χ3n) is 4.08. The monoisotopic (exact) mass is 325 g/mol. The Kier molecular flexibility index (Phi) is 9.93. The summed E-state index contributed by atoms with van der Waals surface area (Å²) in [5.41, 5.74) is 5.34. The van der Waals surface area contributed by atoms with Crippen LogP contribution in [0, 0.1) is 17.8 Å². The largest absolute Gasteiger partial charge is 0.455 e. The molecule has 0 aromatic carbocycles. The second-order valence-electron chi connectivity index (χ2n) is 6.08. The van der Waals surface area contributed by atoms with Crippen molar-refractivity contribution in [2.75, 3.05) is 20.3 Å². The van der Waals surface area contributed by atoms with E-state index in [0.717, 1.165) is 12.8 Å². The smallest absolute Gasteiger partial charge is 0.320 e. The van der Waals surface area contributed by atoms with Crippen molar-refractivity contribution in [3.63, 3.8) is 0 Å². The SMILES string of the molecule is CCCCCCCC#C[C@@H]1OC[C@H](C)[C@H](OC)[C@H]1OC(=O)CN. The second kappa shape index (κ2) is 11.4. The van der Waals surface area contributed by atoms with Gasteiger partial charge in [-0.2, -0.15) is 0 Å². The molecule has 1 saturated heterocycles. The normalized spacial score (nSPS) is 27.1. The van der Waals surface area contributed by atoms with E-state index in [1.165, 1.54) is 25.7 Å². The molecule has 4 atom stereocenters. The average molecular weight is 325 g/mol. The van der Waals surface area contributed by atoms with Crippen LogP contribution in [0.3, 0.4) is 0 Å². The number of nitrogens with two attached hydrogens (primary N) is 1. The minimum absolute atomic E-state index is 0.141. The van der Waals surface area contributed by atoms with E-state index in [4.69, 9.17) is 19.9 Å². The summed E-state index contributed by atoms with van der Waals surface area (Å²) in [6.07, 6.45) is 5.74. The number of unbranched alkanes of at least 4 members (excludes halogenated alkanes) is 5. The first kappa shape index (κ1) is 20.0. The highest BCUT2D eigenvalue weighted by molar-refractivity contribution is 5.71. The summed E-state index contributed by atoms with van der Waals surface area (Å²) in [5.74, 6) is 5.95. The molecule has 1 aliphatic rings. The van der Waals surface area contributed by atoms with Gasteiger partial charge in [-0.3, -0.25) is 4.79 Å². The summed E-state index contributed by atoms with van der Waals surface area (Å²) in [6.45, 7) is 4.61. The Morgan fingerprint density at radius 1 is 1.26 bits per heavy atom. The zero-order valence-electron chi connectivity index (χ0n) is 14.7. The first-order chi connectivity index (χ1) is 11.1. The molecule has 5 heteroatoms. The van der Waals surface area contributed by atoms with Crippen molar-refractivity contribution >= 4 is 5.97 Å². The van der Waals surface area contributed by atoms with Crippen LogP contribution in [0.15, 0.2) is 0 Å². The molecule has 0 unspecified atom stereocenters. The van der Waals surface area contributed by atoms with Gasteiger partial charge in [0.05, 0.1) is 13.2 Å². The van der Waals surface area contributed by atoms with Crippen LogP contribution in [-0.2, 0) is 19.0 Å². The predicted octanol–water partition coefficient (Wildman–Crippen LogP) is 2.27. The standard InChI is InChI=1S/C18H31NO4/c1-4-5-6-7-8-9-10-11-15-18(23-16(20)12-19)17(21-3)14(2)13-22-15/h14-15,17-18H,4-9,12-13,19H2,1-3H3/t14-,15-,17-,18-/m0/s1. The third-order valence-corrected chi connectivity index (χ3v) is 4.08. The lowest BCUT2D eigenvalue weighted by Crippen LogP contribution is -2.52. The van der Waals surface area contributed by atoms with E-state index in [1.54, 1.807) is 7.11 Å². The fourth-order valence-electron chi connectivity index (χ4n) is 2.75. The number of hydrogen-bond acceptors (Lipinski definition) is 5. The van der Waals surface area contributed by atoms with E-state index >= 15 is 0 Å². The van der Waals surface area contributed by atoms with Gasteiger partial charge in [-0.25, -0.2) is 0 Å².